The van der Waals surface area contributed by atoms with Crippen LogP contribution < -0.4 is 10.0 Å². The minimum absolute atomic E-state index is 0.131. The second kappa shape index (κ2) is 11.6. The third kappa shape index (κ3) is 6.59. The number of benzene rings is 2. The number of rotatable bonds is 8. The molecule has 0 aliphatic heterocycles. The summed E-state index contributed by atoms with van der Waals surface area (Å²) in [7, 11) is 0.107. The van der Waals surface area contributed by atoms with E-state index in [1.54, 1.807) is 19.2 Å². The monoisotopic (exact) mass is 584 g/mol. The fourth-order valence-electron chi connectivity index (χ4n) is 5.14. The topological polar surface area (TPSA) is 100 Å². The van der Waals surface area contributed by atoms with E-state index in [2.05, 4.69) is 44.0 Å². The molecule has 0 amide bonds. The van der Waals surface area contributed by atoms with Gasteiger partial charge >= 0.3 is 0 Å². The smallest absolute Gasteiger partial charge is 0.237 e. The number of aryl methyl sites for hydroxylation is 1. The van der Waals surface area contributed by atoms with Crippen molar-refractivity contribution in [3.8, 4) is 11.3 Å². The van der Waals surface area contributed by atoms with E-state index in [1.165, 1.54) is 18.2 Å². The van der Waals surface area contributed by atoms with E-state index in [4.69, 9.17) is 0 Å². The molecule has 0 unspecified atom stereocenters. The lowest BCUT2D eigenvalue weighted by Gasteiger charge is -2.32. The first-order valence-electron chi connectivity index (χ1n) is 13.3. The van der Waals surface area contributed by atoms with Gasteiger partial charge in [-0.15, -0.1) is 0 Å². The third-order valence-corrected chi connectivity index (χ3v) is 8.64. The van der Waals surface area contributed by atoms with Crippen LogP contribution in [0.4, 0.5) is 24.8 Å². The van der Waals surface area contributed by atoms with E-state index in [-0.39, 0.29) is 17.3 Å². The van der Waals surface area contributed by atoms with Gasteiger partial charge in [0.05, 0.1) is 28.8 Å². The van der Waals surface area contributed by atoms with Crippen LogP contribution in [0.5, 0.6) is 0 Å². The van der Waals surface area contributed by atoms with E-state index in [0.717, 1.165) is 43.9 Å². The Kier molecular flexibility index (Phi) is 8.14. The van der Waals surface area contributed by atoms with Crippen molar-refractivity contribution in [2.75, 3.05) is 24.1 Å². The lowest BCUT2D eigenvalue weighted by molar-refractivity contribution is 0.221. The Bertz CT molecular complexity index is 1670. The highest BCUT2D eigenvalue weighted by molar-refractivity contribution is 7.91. The van der Waals surface area contributed by atoms with Gasteiger partial charge in [-0.05, 0) is 88.2 Å². The van der Waals surface area contributed by atoms with Gasteiger partial charge in [0, 0.05) is 17.6 Å². The number of anilines is 2. The Morgan fingerprint density at radius 1 is 0.951 bits per heavy atom. The number of nitrogens with zero attached hydrogens (tertiary/aromatic N) is 4. The van der Waals surface area contributed by atoms with Crippen molar-refractivity contribution in [2.24, 2.45) is 0 Å². The first-order chi connectivity index (χ1) is 19.5. The molecule has 1 aliphatic rings. The molecule has 2 N–H and O–H groups in total. The number of fused-ring (bicyclic) bond motifs is 1. The van der Waals surface area contributed by atoms with Crippen LogP contribution in [0.15, 0.2) is 48.7 Å². The van der Waals surface area contributed by atoms with Gasteiger partial charge < -0.3 is 10.2 Å². The maximum atomic E-state index is 15.2. The summed E-state index contributed by atoms with van der Waals surface area (Å²) in [4.78, 5) is 15.7. The van der Waals surface area contributed by atoms with Gasteiger partial charge in [0.1, 0.15) is 11.3 Å². The summed E-state index contributed by atoms with van der Waals surface area (Å²) < 4.78 is 70.5. The zero-order valence-electron chi connectivity index (χ0n) is 23.0. The van der Waals surface area contributed by atoms with Crippen molar-refractivity contribution in [2.45, 2.75) is 50.4 Å². The summed E-state index contributed by atoms with van der Waals surface area (Å²) in [6, 6.07) is 9.74. The normalized spacial score (nSPS) is 17.6. The average molecular weight is 585 g/mol. The molecule has 5 rings (SSSR count). The number of pyridine rings is 1. The van der Waals surface area contributed by atoms with E-state index >= 15 is 8.78 Å². The summed E-state index contributed by atoms with van der Waals surface area (Å²) in [5.74, 6) is -3.15. The minimum atomic E-state index is -4.09. The molecule has 0 spiro atoms. The summed E-state index contributed by atoms with van der Waals surface area (Å²) in [6.45, 7) is 1.80. The van der Waals surface area contributed by atoms with Crippen molar-refractivity contribution in [1.29, 1.82) is 0 Å². The van der Waals surface area contributed by atoms with Crippen LogP contribution in [0.3, 0.4) is 0 Å². The van der Waals surface area contributed by atoms with E-state index in [1.807, 2.05) is 0 Å². The van der Waals surface area contributed by atoms with Gasteiger partial charge in [-0.2, -0.15) is 0 Å². The molecule has 8 nitrogen and oxygen atoms in total. The number of nitrogens with one attached hydrogen (secondary N) is 2. The van der Waals surface area contributed by atoms with E-state index in [9.17, 15) is 12.8 Å². The first kappa shape index (κ1) is 28.7. The lowest BCUT2D eigenvalue weighted by atomic mass is 9.91. The number of hydrogen-bond acceptors (Lipinski definition) is 7. The molecule has 216 valence electrons. The number of aromatic nitrogens is 3. The van der Waals surface area contributed by atoms with Crippen molar-refractivity contribution in [3.63, 3.8) is 0 Å². The fraction of sp³-hybridized carbons (Fsp3) is 0.345. The zero-order valence-corrected chi connectivity index (χ0v) is 23.8. The molecule has 4 aromatic rings. The van der Waals surface area contributed by atoms with Crippen molar-refractivity contribution >= 4 is 32.7 Å². The summed E-state index contributed by atoms with van der Waals surface area (Å²) in [5, 5.41) is 3.41. The molecule has 2 aromatic heterocycles. The van der Waals surface area contributed by atoms with Crippen LogP contribution in [0.25, 0.3) is 22.3 Å². The van der Waals surface area contributed by atoms with Gasteiger partial charge in [0.2, 0.25) is 16.0 Å². The second-order valence-electron chi connectivity index (χ2n) is 10.6. The molecule has 41 heavy (non-hydrogen) atoms. The average Bonchev–Trinajstić information content (AvgIpc) is 2.93. The van der Waals surface area contributed by atoms with Gasteiger partial charge in [0.15, 0.2) is 11.6 Å². The molecular weight excluding hydrogens is 553 g/mol. The molecule has 12 heteroatoms. The molecule has 2 heterocycles. The summed E-state index contributed by atoms with van der Waals surface area (Å²) in [6.07, 6.45) is 5.78. The molecule has 0 radical (unpaired) electrons. The van der Waals surface area contributed by atoms with Gasteiger partial charge in [0.25, 0.3) is 0 Å². The molecule has 0 bridgehead atoms. The lowest BCUT2D eigenvalue weighted by Crippen LogP contribution is -2.36. The predicted molar refractivity (Wildman–Crippen MR) is 153 cm³/mol. The molecule has 2 aromatic carbocycles. The second-order valence-corrected chi connectivity index (χ2v) is 12.4. The van der Waals surface area contributed by atoms with Crippen molar-refractivity contribution in [3.05, 3.63) is 77.2 Å². The highest BCUT2D eigenvalue weighted by Gasteiger charge is 2.24. The Morgan fingerprint density at radius 2 is 1.66 bits per heavy atom. The molecular formula is C29H31F3N6O2S. The van der Waals surface area contributed by atoms with E-state index in [0.29, 0.717) is 34.2 Å². The van der Waals surface area contributed by atoms with Crippen LogP contribution in [-0.2, 0) is 15.8 Å². The Balaban J connectivity index is 1.34. The third-order valence-electron chi connectivity index (χ3n) is 7.39. The van der Waals surface area contributed by atoms with Crippen LogP contribution >= 0.6 is 0 Å². The van der Waals surface area contributed by atoms with Gasteiger partial charge in [-0.3, -0.25) is 4.72 Å². The Hall–Kier alpha value is -3.77. The molecule has 1 saturated carbocycles. The molecule has 1 fully saturated rings. The summed E-state index contributed by atoms with van der Waals surface area (Å²) in [5.41, 5.74) is 1.52. The van der Waals surface area contributed by atoms with Gasteiger partial charge in [-0.25, -0.2) is 36.5 Å². The zero-order chi connectivity index (χ0) is 29.3. The van der Waals surface area contributed by atoms with E-state index < -0.39 is 38.9 Å². The number of hydrogen-bond donors (Lipinski definition) is 2. The highest BCUT2D eigenvalue weighted by atomic mass is 32.2. The number of sulfonamides is 1. The van der Waals surface area contributed by atoms with Crippen LogP contribution in [0.1, 0.15) is 36.8 Å². The number of halogens is 3. The van der Waals surface area contributed by atoms with Crippen LogP contribution in [-0.4, -0.2) is 54.4 Å². The highest BCUT2D eigenvalue weighted by Crippen LogP contribution is 2.31. The van der Waals surface area contributed by atoms with Crippen molar-refractivity contribution < 1.29 is 21.6 Å². The molecule has 0 saturated heterocycles. The van der Waals surface area contributed by atoms with Crippen LogP contribution in [0.2, 0.25) is 0 Å². The van der Waals surface area contributed by atoms with Crippen molar-refractivity contribution in [1.82, 2.24) is 19.9 Å². The minimum Gasteiger partial charge on any atom is -0.351 e. The van der Waals surface area contributed by atoms with Gasteiger partial charge in [-0.1, -0.05) is 12.1 Å². The maximum absolute atomic E-state index is 15.2. The largest absolute Gasteiger partial charge is 0.351 e. The maximum Gasteiger partial charge on any atom is 0.237 e. The SMILES string of the molecule is Cc1cc(-c2ccc(NS(=O)(=O)Cc3ccc(F)cc3)c(F)c2F)nc2cnc(NC3CCC(N(C)C)CC3)nc12. The predicted octanol–water partition coefficient (Wildman–Crippen LogP) is 5.64. The molecule has 1 aliphatic carbocycles. The Labute approximate surface area is 237 Å². The standard InChI is InChI=1S/C29H31F3N6O2S/c1-17-14-24(35-25-15-33-29(36-28(17)25)34-20-8-10-21(11-9-20)38(2)3)22-12-13-23(27(32)26(22)31)37-41(39,40)16-18-4-6-19(30)7-5-18/h4-7,12-15,20-21,37H,8-11,16H2,1-3H3,(H,33,34,36). The molecule has 0 atom stereocenters. The van der Waals surface area contributed by atoms with Crippen LogP contribution in [0, 0.1) is 24.4 Å². The quantitative estimate of drug-likeness (QED) is 0.276. The first-order valence-corrected chi connectivity index (χ1v) is 14.9. The fourth-order valence-corrected chi connectivity index (χ4v) is 6.34. The Morgan fingerprint density at radius 3 is 2.34 bits per heavy atom. The summed E-state index contributed by atoms with van der Waals surface area (Å²) >= 11 is 0.